The van der Waals surface area contributed by atoms with Crippen LogP contribution in [-0.2, 0) is 12.0 Å². The molecule has 3 rings (SSSR count). The summed E-state index contributed by atoms with van der Waals surface area (Å²) in [5, 5.41) is 11.9. The lowest BCUT2D eigenvalue weighted by Crippen LogP contribution is -2.24. The lowest BCUT2D eigenvalue weighted by Gasteiger charge is -2.19. The Morgan fingerprint density at radius 2 is 2.08 bits per heavy atom. The first-order valence-electron chi connectivity index (χ1n) is 8.80. The second kappa shape index (κ2) is 6.89. The van der Waals surface area contributed by atoms with E-state index >= 15 is 0 Å². The molecule has 0 amide bonds. The van der Waals surface area contributed by atoms with Gasteiger partial charge in [-0.15, -0.1) is 0 Å². The number of H-pyrrole nitrogens is 1. The number of aryl methyl sites for hydroxylation is 1. The second-order valence-electron chi connectivity index (χ2n) is 7.61. The van der Waals surface area contributed by atoms with Crippen molar-refractivity contribution in [3.63, 3.8) is 0 Å². The molecule has 0 aliphatic carbocycles. The van der Waals surface area contributed by atoms with E-state index in [2.05, 4.69) is 30.5 Å². The van der Waals surface area contributed by atoms with Crippen LogP contribution in [0.4, 0.5) is 5.95 Å². The average Bonchev–Trinajstić information content (AvgIpc) is 3.18. The van der Waals surface area contributed by atoms with Crippen LogP contribution < -0.4 is 10.9 Å². The molecule has 9 nitrogen and oxygen atoms in total. The van der Waals surface area contributed by atoms with Crippen LogP contribution in [0.3, 0.4) is 0 Å². The highest BCUT2D eigenvalue weighted by Crippen LogP contribution is 2.18. The average molecular weight is 359 g/mol. The van der Waals surface area contributed by atoms with Gasteiger partial charge in [-0.05, 0) is 27.2 Å². The minimum absolute atomic E-state index is 0.202. The molecule has 0 aliphatic rings. The third kappa shape index (κ3) is 3.76. The molecule has 0 fully saturated rings. The van der Waals surface area contributed by atoms with Gasteiger partial charge in [-0.2, -0.15) is 15.1 Å². The minimum Gasteiger partial charge on any atom is -0.356 e. The van der Waals surface area contributed by atoms with Crippen LogP contribution in [-0.4, -0.2) is 36.4 Å². The maximum atomic E-state index is 12.2. The first-order valence-corrected chi connectivity index (χ1v) is 8.80. The predicted molar refractivity (Wildman–Crippen MR) is 98.3 cm³/mol. The molecule has 0 radical (unpaired) electrons. The Bertz CT molecular complexity index is 946. The van der Waals surface area contributed by atoms with Gasteiger partial charge in [0, 0.05) is 18.9 Å². The molecular formula is C17H25N7O2. The SMILES string of the molecule is CC(C)c1noc(CCCNc2nc3c(cnn3C(C)(C)C)c(=O)[nH]2)n1. The Morgan fingerprint density at radius 3 is 2.73 bits per heavy atom. The van der Waals surface area contributed by atoms with E-state index in [1.807, 2.05) is 34.6 Å². The molecule has 0 bridgehead atoms. The van der Waals surface area contributed by atoms with Gasteiger partial charge in [-0.3, -0.25) is 9.78 Å². The van der Waals surface area contributed by atoms with Crippen molar-refractivity contribution in [1.82, 2.24) is 29.9 Å². The summed E-state index contributed by atoms with van der Waals surface area (Å²) >= 11 is 0. The van der Waals surface area contributed by atoms with Crippen molar-refractivity contribution in [2.24, 2.45) is 0 Å². The highest BCUT2D eigenvalue weighted by Gasteiger charge is 2.19. The number of nitrogens with one attached hydrogen (secondary N) is 2. The molecule has 9 heteroatoms. The summed E-state index contributed by atoms with van der Waals surface area (Å²) < 4.78 is 6.98. The number of hydrogen-bond acceptors (Lipinski definition) is 7. The molecule has 3 aromatic rings. The molecule has 0 saturated heterocycles. The zero-order valence-corrected chi connectivity index (χ0v) is 15.8. The summed E-state index contributed by atoms with van der Waals surface area (Å²) in [5.41, 5.74) is 0.111. The smallest absolute Gasteiger partial charge is 0.263 e. The maximum Gasteiger partial charge on any atom is 0.263 e. The number of nitrogens with zero attached hydrogens (tertiary/aromatic N) is 5. The zero-order chi connectivity index (χ0) is 18.9. The highest BCUT2D eigenvalue weighted by atomic mass is 16.5. The van der Waals surface area contributed by atoms with E-state index < -0.39 is 0 Å². The Hall–Kier alpha value is -2.71. The molecule has 2 N–H and O–H groups in total. The molecule has 0 unspecified atom stereocenters. The van der Waals surface area contributed by atoms with E-state index in [0.717, 1.165) is 12.2 Å². The molecule has 0 spiro atoms. The number of hydrogen-bond donors (Lipinski definition) is 2. The zero-order valence-electron chi connectivity index (χ0n) is 15.8. The lowest BCUT2D eigenvalue weighted by atomic mass is 10.1. The Kier molecular flexibility index (Phi) is 4.80. The number of rotatable bonds is 6. The van der Waals surface area contributed by atoms with Gasteiger partial charge in [-0.25, -0.2) is 4.68 Å². The minimum atomic E-state index is -0.258. The Labute approximate surface area is 151 Å². The fourth-order valence-corrected chi connectivity index (χ4v) is 2.54. The third-order valence-corrected chi connectivity index (χ3v) is 3.93. The van der Waals surface area contributed by atoms with Crippen LogP contribution in [0.25, 0.3) is 11.0 Å². The van der Waals surface area contributed by atoms with Gasteiger partial charge >= 0.3 is 0 Å². The number of aromatic amines is 1. The van der Waals surface area contributed by atoms with Crippen molar-refractivity contribution in [2.45, 2.75) is 58.9 Å². The molecule has 3 heterocycles. The first-order chi connectivity index (χ1) is 12.3. The molecule has 0 saturated carbocycles. The molecule has 0 atom stereocenters. The Morgan fingerprint density at radius 1 is 1.31 bits per heavy atom. The summed E-state index contributed by atoms with van der Waals surface area (Å²) in [6.45, 7) is 10.7. The molecule has 26 heavy (non-hydrogen) atoms. The van der Waals surface area contributed by atoms with E-state index in [1.54, 1.807) is 10.9 Å². The number of fused-ring (bicyclic) bond motifs is 1. The van der Waals surface area contributed by atoms with Crippen molar-refractivity contribution in [3.8, 4) is 0 Å². The molecule has 0 aromatic carbocycles. The topological polar surface area (TPSA) is 115 Å². The van der Waals surface area contributed by atoms with Crippen LogP contribution in [0, 0.1) is 0 Å². The summed E-state index contributed by atoms with van der Waals surface area (Å²) in [4.78, 5) is 23.9. The maximum absolute atomic E-state index is 12.2. The van der Waals surface area contributed by atoms with Gasteiger partial charge in [0.1, 0.15) is 5.39 Å². The van der Waals surface area contributed by atoms with E-state index in [1.165, 1.54) is 0 Å². The predicted octanol–water partition coefficient (Wildman–Crippen LogP) is 2.43. The summed E-state index contributed by atoms with van der Waals surface area (Å²) in [6.07, 6.45) is 3.00. The molecule has 0 aliphatic heterocycles. The second-order valence-corrected chi connectivity index (χ2v) is 7.61. The summed E-state index contributed by atoms with van der Waals surface area (Å²) in [5.74, 6) is 2.03. The van der Waals surface area contributed by atoms with E-state index in [9.17, 15) is 4.79 Å². The van der Waals surface area contributed by atoms with Crippen molar-refractivity contribution >= 4 is 17.0 Å². The summed E-state index contributed by atoms with van der Waals surface area (Å²) in [6, 6.07) is 0. The van der Waals surface area contributed by atoms with Crippen molar-refractivity contribution in [2.75, 3.05) is 11.9 Å². The van der Waals surface area contributed by atoms with Gasteiger partial charge in [-0.1, -0.05) is 19.0 Å². The van der Waals surface area contributed by atoms with Crippen LogP contribution in [0.1, 0.15) is 58.7 Å². The molecular weight excluding hydrogens is 334 g/mol. The third-order valence-electron chi connectivity index (χ3n) is 3.93. The van der Waals surface area contributed by atoms with E-state index in [-0.39, 0.29) is 17.0 Å². The van der Waals surface area contributed by atoms with Crippen LogP contribution >= 0.6 is 0 Å². The van der Waals surface area contributed by atoms with E-state index in [4.69, 9.17) is 4.52 Å². The van der Waals surface area contributed by atoms with Crippen LogP contribution in [0.2, 0.25) is 0 Å². The number of anilines is 1. The van der Waals surface area contributed by atoms with E-state index in [0.29, 0.717) is 35.8 Å². The molecule has 3 aromatic heterocycles. The van der Waals surface area contributed by atoms with Crippen molar-refractivity contribution in [1.29, 1.82) is 0 Å². The standard InChI is InChI=1S/C17H25N7O2/c1-10(2)13-20-12(26-23-13)7-6-8-18-16-21-14-11(15(25)22-16)9-19-24(14)17(3,4)5/h9-10H,6-8H2,1-5H3,(H2,18,21,22,25). The monoisotopic (exact) mass is 359 g/mol. The highest BCUT2D eigenvalue weighted by molar-refractivity contribution is 5.74. The fraction of sp³-hybridized carbons (Fsp3) is 0.588. The van der Waals surface area contributed by atoms with Gasteiger partial charge in [0.05, 0.1) is 11.7 Å². The number of aromatic nitrogens is 6. The normalized spacial score (nSPS) is 12.2. The van der Waals surface area contributed by atoms with Gasteiger partial charge in [0.25, 0.3) is 5.56 Å². The van der Waals surface area contributed by atoms with Gasteiger partial charge < -0.3 is 9.84 Å². The van der Waals surface area contributed by atoms with Crippen LogP contribution in [0.5, 0.6) is 0 Å². The quantitative estimate of drug-likeness (QED) is 0.650. The summed E-state index contributed by atoms with van der Waals surface area (Å²) in [7, 11) is 0. The van der Waals surface area contributed by atoms with Gasteiger partial charge in [0.2, 0.25) is 11.8 Å². The molecule has 140 valence electrons. The first kappa shape index (κ1) is 18.1. The lowest BCUT2D eigenvalue weighted by molar-refractivity contribution is 0.366. The van der Waals surface area contributed by atoms with Crippen molar-refractivity contribution < 1.29 is 4.52 Å². The largest absolute Gasteiger partial charge is 0.356 e. The fourth-order valence-electron chi connectivity index (χ4n) is 2.54. The van der Waals surface area contributed by atoms with Crippen molar-refractivity contribution in [3.05, 3.63) is 28.3 Å². The Balaban J connectivity index is 1.66. The van der Waals surface area contributed by atoms with Crippen LogP contribution in [0.15, 0.2) is 15.5 Å². The van der Waals surface area contributed by atoms with Gasteiger partial charge in [0.15, 0.2) is 11.5 Å².